The minimum absolute atomic E-state index is 0.0363. The van der Waals surface area contributed by atoms with Gasteiger partial charge in [-0.25, -0.2) is 5.84 Å². The fourth-order valence-electron chi connectivity index (χ4n) is 5.56. The second-order valence-corrected chi connectivity index (χ2v) is 10.5. The Kier molecular flexibility index (Phi) is 8.73. The van der Waals surface area contributed by atoms with Crippen LogP contribution in [0.1, 0.15) is 75.5 Å². The first-order valence-electron chi connectivity index (χ1n) is 13.7. The van der Waals surface area contributed by atoms with Gasteiger partial charge in [0.15, 0.2) is 5.78 Å². The summed E-state index contributed by atoms with van der Waals surface area (Å²) in [4.78, 5) is 27.8. The van der Waals surface area contributed by atoms with Crippen molar-refractivity contribution >= 4 is 23.1 Å². The Morgan fingerprint density at radius 1 is 1.05 bits per heavy atom. The Bertz CT molecular complexity index is 1380. The molecule has 0 saturated carbocycles. The summed E-state index contributed by atoms with van der Waals surface area (Å²) in [6.07, 6.45) is 1.82. The number of anilines is 2. The van der Waals surface area contributed by atoms with Crippen molar-refractivity contribution in [1.82, 2.24) is 4.90 Å². The molecule has 1 heterocycles. The SMILES string of the molecule is CCc1cc(C(=O)N2CCc3ccc(C(CC(=O)CO)c4ccc(N(N)CC)c(N)c4C)cc3C2)ccc1C. The van der Waals surface area contributed by atoms with E-state index in [0.29, 0.717) is 25.3 Å². The fourth-order valence-corrected chi connectivity index (χ4v) is 5.56. The molecule has 0 aliphatic carbocycles. The number of benzene rings is 3. The molecular weight excluding hydrogens is 488 g/mol. The van der Waals surface area contributed by atoms with Crippen LogP contribution in [-0.4, -0.2) is 41.4 Å². The molecule has 5 N–H and O–H groups in total. The van der Waals surface area contributed by atoms with Crippen molar-refractivity contribution in [1.29, 1.82) is 0 Å². The third-order valence-electron chi connectivity index (χ3n) is 8.08. The van der Waals surface area contributed by atoms with E-state index in [1.54, 1.807) is 5.01 Å². The third kappa shape index (κ3) is 5.84. The summed E-state index contributed by atoms with van der Waals surface area (Å²) in [5, 5.41) is 11.2. The number of nitrogens with zero attached hydrogens (tertiary/aromatic N) is 2. The van der Waals surface area contributed by atoms with Gasteiger partial charge in [-0.3, -0.25) is 9.59 Å². The highest BCUT2D eigenvalue weighted by atomic mass is 16.3. The van der Waals surface area contributed by atoms with Crippen LogP contribution in [-0.2, 0) is 24.2 Å². The standard InChI is InChI=1S/C32H40N4O3/c1-5-22-15-25(8-7-20(22)3)32(39)35-14-13-23-9-10-24(16-26(23)18-35)29(17-27(38)19-37)28-11-12-30(36(34)6-2)31(33)21(28)4/h7-12,15-16,29,37H,5-6,13-14,17-19,33-34H2,1-4H3. The van der Waals surface area contributed by atoms with E-state index in [9.17, 15) is 14.7 Å². The molecule has 7 nitrogen and oxygen atoms in total. The number of aliphatic hydroxyl groups is 1. The number of nitrogens with two attached hydrogens (primary N) is 2. The van der Waals surface area contributed by atoms with Crippen LogP contribution in [0.15, 0.2) is 48.5 Å². The molecule has 0 saturated heterocycles. The predicted molar refractivity (Wildman–Crippen MR) is 157 cm³/mol. The molecule has 4 rings (SSSR count). The number of hydrogen-bond donors (Lipinski definition) is 3. The van der Waals surface area contributed by atoms with Crippen molar-refractivity contribution in [2.75, 3.05) is 30.4 Å². The van der Waals surface area contributed by atoms with Crippen molar-refractivity contribution in [3.63, 3.8) is 0 Å². The molecule has 0 radical (unpaired) electrons. The highest BCUT2D eigenvalue weighted by Crippen LogP contribution is 2.37. The number of carbonyl (C=O) groups excluding carboxylic acids is 2. The van der Waals surface area contributed by atoms with Crippen molar-refractivity contribution in [2.24, 2.45) is 5.84 Å². The van der Waals surface area contributed by atoms with E-state index < -0.39 is 6.61 Å². The van der Waals surface area contributed by atoms with Gasteiger partial charge >= 0.3 is 0 Å². The summed E-state index contributed by atoms with van der Waals surface area (Å²) in [6.45, 7) is 9.34. The van der Waals surface area contributed by atoms with Gasteiger partial charge in [0.05, 0.1) is 11.4 Å². The van der Waals surface area contributed by atoms with Gasteiger partial charge < -0.3 is 20.7 Å². The lowest BCUT2D eigenvalue weighted by molar-refractivity contribution is -0.121. The lowest BCUT2D eigenvalue weighted by Crippen LogP contribution is -2.36. The van der Waals surface area contributed by atoms with Crippen LogP contribution in [0.25, 0.3) is 0 Å². The molecule has 39 heavy (non-hydrogen) atoms. The topological polar surface area (TPSA) is 113 Å². The number of hydrazine groups is 1. The number of Topliss-reactive ketones (excluding diaryl/α,β-unsaturated/α-hetero) is 1. The van der Waals surface area contributed by atoms with Gasteiger partial charge in [0.2, 0.25) is 0 Å². The summed E-state index contributed by atoms with van der Waals surface area (Å²) >= 11 is 0. The number of aryl methyl sites for hydroxylation is 2. The number of hydrogen-bond acceptors (Lipinski definition) is 6. The fraction of sp³-hybridized carbons (Fsp3) is 0.375. The molecule has 206 valence electrons. The molecule has 0 fully saturated rings. The molecule has 0 bridgehead atoms. The average Bonchev–Trinajstić information content (AvgIpc) is 2.96. The molecule has 1 aliphatic rings. The predicted octanol–water partition coefficient (Wildman–Crippen LogP) is 4.43. The van der Waals surface area contributed by atoms with Crippen LogP contribution in [0.4, 0.5) is 11.4 Å². The zero-order chi connectivity index (χ0) is 28.3. The van der Waals surface area contributed by atoms with Crippen molar-refractivity contribution in [3.8, 4) is 0 Å². The summed E-state index contributed by atoms with van der Waals surface area (Å²) in [5.41, 5.74) is 16.0. The molecule has 1 unspecified atom stereocenters. The molecule has 1 amide bonds. The second-order valence-electron chi connectivity index (χ2n) is 10.5. The van der Waals surface area contributed by atoms with Gasteiger partial charge in [-0.05, 0) is 90.8 Å². The molecule has 0 aromatic heterocycles. The first-order valence-corrected chi connectivity index (χ1v) is 13.7. The summed E-state index contributed by atoms with van der Waals surface area (Å²) in [6, 6.07) is 16.1. The minimum Gasteiger partial charge on any atom is -0.397 e. The van der Waals surface area contributed by atoms with E-state index in [2.05, 4.69) is 32.0 Å². The van der Waals surface area contributed by atoms with E-state index in [1.165, 1.54) is 16.7 Å². The van der Waals surface area contributed by atoms with Gasteiger partial charge in [-0.1, -0.05) is 37.3 Å². The Hall–Kier alpha value is -3.68. The van der Waals surface area contributed by atoms with Gasteiger partial charge in [-0.2, -0.15) is 0 Å². The van der Waals surface area contributed by atoms with Crippen LogP contribution in [0.2, 0.25) is 0 Å². The molecule has 1 atom stereocenters. The van der Waals surface area contributed by atoms with Gasteiger partial charge in [0.1, 0.15) is 6.61 Å². The lowest BCUT2D eigenvalue weighted by atomic mass is 9.82. The summed E-state index contributed by atoms with van der Waals surface area (Å²) in [5.74, 6) is 5.63. The van der Waals surface area contributed by atoms with Crippen molar-refractivity contribution in [3.05, 3.63) is 93.0 Å². The number of rotatable bonds is 9. The molecule has 1 aliphatic heterocycles. The van der Waals surface area contributed by atoms with E-state index >= 15 is 0 Å². The van der Waals surface area contributed by atoms with E-state index in [-0.39, 0.29) is 24.0 Å². The quantitative estimate of drug-likeness (QED) is 0.215. The zero-order valence-corrected chi connectivity index (χ0v) is 23.5. The lowest BCUT2D eigenvalue weighted by Gasteiger charge is -2.31. The molecule has 0 spiro atoms. The number of ketones is 1. The van der Waals surface area contributed by atoms with Crippen LogP contribution < -0.4 is 16.6 Å². The highest BCUT2D eigenvalue weighted by Gasteiger charge is 2.26. The van der Waals surface area contributed by atoms with Crippen LogP contribution in [0.5, 0.6) is 0 Å². The average molecular weight is 529 g/mol. The number of aliphatic hydroxyl groups excluding tert-OH is 1. The smallest absolute Gasteiger partial charge is 0.254 e. The van der Waals surface area contributed by atoms with Gasteiger partial charge in [0, 0.05) is 37.5 Å². The monoisotopic (exact) mass is 528 g/mol. The Morgan fingerprint density at radius 2 is 1.82 bits per heavy atom. The van der Waals surface area contributed by atoms with Crippen molar-refractivity contribution < 1.29 is 14.7 Å². The Morgan fingerprint density at radius 3 is 2.51 bits per heavy atom. The molecule has 3 aromatic rings. The van der Waals surface area contributed by atoms with E-state index in [4.69, 9.17) is 11.6 Å². The maximum atomic E-state index is 13.4. The Balaban J connectivity index is 1.68. The first kappa shape index (κ1) is 28.3. The largest absolute Gasteiger partial charge is 0.397 e. The van der Waals surface area contributed by atoms with Crippen LogP contribution in [0.3, 0.4) is 0 Å². The number of carbonyl (C=O) groups is 2. The van der Waals surface area contributed by atoms with Crippen LogP contribution in [0, 0.1) is 13.8 Å². The van der Waals surface area contributed by atoms with E-state index in [1.807, 2.05) is 49.1 Å². The maximum Gasteiger partial charge on any atom is 0.254 e. The molecular formula is C32H40N4O3. The minimum atomic E-state index is -0.515. The van der Waals surface area contributed by atoms with Gasteiger partial charge in [0.25, 0.3) is 5.91 Å². The van der Waals surface area contributed by atoms with Crippen LogP contribution >= 0.6 is 0 Å². The first-order chi connectivity index (χ1) is 18.7. The number of amides is 1. The van der Waals surface area contributed by atoms with E-state index in [0.717, 1.165) is 46.3 Å². The Labute approximate surface area is 231 Å². The normalized spacial score (nSPS) is 13.6. The summed E-state index contributed by atoms with van der Waals surface area (Å²) in [7, 11) is 0. The number of nitrogen functional groups attached to an aromatic ring is 1. The highest BCUT2D eigenvalue weighted by molar-refractivity contribution is 5.94. The third-order valence-corrected chi connectivity index (χ3v) is 8.08. The number of fused-ring (bicyclic) bond motifs is 1. The van der Waals surface area contributed by atoms with Gasteiger partial charge in [-0.15, -0.1) is 0 Å². The second kappa shape index (κ2) is 12.0. The summed E-state index contributed by atoms with van der Waals surface area (Å²) < 4.78 is 0. The molecule has 3 aromatic carbocycles. The molecule has 7 heteroatoms. The maximum absolute atomic E-state index is 13.4. The zero-order valence-electron chi connectivity index (χ0n) is 23.5. The van der Waals surface area contributed by atoms with Crippen molar-refractivity contribution in [2.45, 2.75) is 59.4 Å².